The van der Waals surface area contributed by atoms with Gasteiger partial charge in [0.05, 0.1) is 0 Å². The van der Waals surface area contributed by atoms with E-state index in [0.717, 1.165) is 30.5 Å². The summed E-state index contributed by atoms with van der Waals surface area (Å²) in [6.45, 7) is 3.01. The van der Waals surface area contributed by atoms with Gasteiger partial charge in [-0.2, -0.15) is 0 Å². The fourth-order valence-electron chi connectivity index (χ4n) is 1.88. The fraction of sp³-hybridized carbons (Fsp3) is 0.455. The third-order valence-corrected chi connectivity index (χ3v) is 2.59. The molecule has 1 aromatic carbocycles. The zero-order chi connectivity index (χ0) is 9.26. The van der Waals surface area contributed by atoms with E-state index in [0.29, 0.717) is 0 Å². The zero-order valence-electron chi connectivity index (χ0n) is 8.22. The van der Waals surface area contributed by atoms with Crippen molar-refractivity contribution in [2.45, 2.75) is 25.8 Å². The molecule has 78 valence electrons. The predicted octanol–water partition coefficient (Wildman–Crippen LogP) is 2.98. The number of hydrogen-bond acceptors (Lipinski definition) is 1. The van der Waals surface area contributed by atoms with Crippen LogP contribution in [0.5, 0.6) is 0 Å². The van der Waals surface area contributed by atoms with E-state index in [1.165, 1.54) is 0 Å². The van der Waals surface area contributed by atoms with Crippen molar-refractivity contribution in [3.8, 4) is 0 Å². The highest BCUT2D eigenvalue weighted by Crippen LogP contribution is 2.25. The van der Waals surface area contributed by atoms with Crippen molar-refractivity contribution in [3.05, 3.63) is 35.1 Å². The van der Waals surface area contributed by atoms with Crippen LogP contribution in [0.4, 0.5) is 4.39 Å². The summed E-state index contributed by atoms with van der Waals surface area (Å²) in [4.78, 5) is 0. The Hall–Kier alpha value is -0.600. The van der Waals surface area contributed by atoms with E-state index in [1.54, 1.807) is 6.07 Å². The van der Waals surface area contributed by atoms with Crippen LogP contribution in [0.2, 0.25) is 0 Å². The molecule has 14 heavy (non-hydrogen) atoms. The minimum absolute atomic E-state index is 0. The molecule has 2 rings (SSSR count). The van der Waals surface area contributed by atoms with Crippen LogP contribution in [0, 0.1) is 12.7 Å². The minimum Gasteiger partial charge on any atom is -0.310 e. The van der Waals surface area contributed by atoms with E-state index >= 15 is 0 Å². The van der Waals surface area contributed by atoms with Gasteiger partial charge in [0.1, 0.15) is 5.82 Å². The predicted molar refractivity (Wildman–Crippen MR) is 58.4 cm³/mol. The average molecular weight is 216 g/mol. The van der Waals surface area contributed by atoms with E-state index < -0.39 is 0 Å². The molecule has 0 aromatic heterocycles. The maximum absolute atomic E-state index is 13.4. The van der Waals surface area contributed by atoms with Crippen LogP contribution in [0.1, 0.15) is 30.0 Å². The highest BCUT2D eigenvalue weighted by atomic mass is 35.5. The normalized spacial score (nSPS) is 20.6. The first-order valence-corrected chi connectivity index (χ1v) is 4.77. The van der Waals surface area contributed by atoms with Crippen molar-refractivity contribution in [1.82, 2.24) is 5.32 Å². The first-order chi connectivity index (χ1) is 6.27. The van der Waals surface area contributed by atoms with Crippen LogP contribution in [-0.4, -0.2) is 6.54 Å². The first kappa shape index (κ1) is 11.5. The molecule has 0 radical (unpaired) electrons. The number of halogens is 2. The second-order valence-corrected chi connectivity index (χ2v) is 3.67. The molecule has 1 aromatic rings. The standard InChI is InChI=1S/C11H14FN.ClH/c1-8-4-5-10(12)9(7-8)11-3-2-6-13-11;/h4-5,7,11,13H,2-3,6H2,1H3;1H/t11-;/m1./s1. The Kier molecular flexibility index (Phi) is 3.90. The molecule has 0 amide bonds. The van der Waals surface area contributed by atoms with E-state index in [-0.39, 0.29) is 24.3 Å². The Morgan fingerprint density at radius 2 is 2.21 bits per heavy atom. The maximum atomic E-state index is 13.4. The Morgan fingerprint density at radius 1 is 1.43 bits per heavy atom. The molecule has 0 aliphatic carbocycles. The van der Waals surface area contributed by atoms with Gasteiger partial charge in [-0.3, -0.25) is 0 Å². The van der Waals surface area contributed by atoms with Crippen LogP contribution in [0.15, 0.2) is 18.2 Å². The number of rotatable bonds is 1. The molecule has 1 atom stereocenters. The minimum atomic E-state index is -0.0787. The molecule has 1 heterocycles. The van der Waals surface area contributed by atoms with Gasteiger partial charge in [-0.25, -0.2) is 4.39 Å². The monoisotopic (exact) mass is 215 g/mol. The van der Waals surface area contributed by atoms with Crippen LogP contribution in [0.3, 0.4) is 0 Å². The quantitative estimate of drug-likeness (QED) is 0.760. The lowest BCUT2D eigenvalue weighted by Gasteiger charge is -2.12. The van der Waals surface area contributed by atoms with Gasteiger partial charge in [0, 0.05) is 11.6 Å². The number of nitrogens with one attached hydrogen (secondary N) is 1. The molecule has 3 heteroatoms. The molecular formula is C11H15ClFN. The van der Waals surface area contributed by atoms with Gasteiger partial charge in [0.25, 0.3) is 0 Å². The van der Waals surface area contributed by atoms with Crippen molar-refractivity contribution in [3.63, 3.8) is 0 Å². The summed E-state index contributed by atoms with van der Waals surface area (Å²) in [5.74, 6) is -0.0787. The summed E-state index contributed by atoms with van der Waals surface area (Å²) in [6, 6.07) is 5.55. The number of benzene rings is 1. The third kappa shape index (κ3) is 2.25. The van der Waals surface area contributed by atoms with Crippen LogP contribution in [-0.2, 0) is 0 Å². The molecule has 1 nitrogen and oxygen atoms in total. The molecule has 1 fully saturated rings. The Bertz CT molecular complexity index is 308. The second kappa shape index (κ2) is 4.76. The molecule has 0 bridgehead atoms. The van der Waals surface area contributed by atoms with Crippen molar-refractivity contribution in [1.29, 1.82) is 0 Å². The molecule has 1 N–H and O–H groups in total. The van der Waals surface area contributed by atoms with E-state index in [9.17, 15) is 4.39 Å². The Morgan fingerprint density at radius 3 is 2.86 bits per heavy atom. The van der Waals surface area contributed by atoms with E-state index in [4.69, 9.17) is 0 Å². The van der Waals surface area contributed by atoms with Crippen LogP contribution >= 0.6 is 12.4 Å². The topological polar surface area (TPSA) is 12.0 Å². The summed E-state index contributed by atoms with van der Waals surface area (Å²) in [5, 5.41) is 3.30. The molecular weight excluding hydrogens is 201 g/mol. The van der Waals surface area contributed by atoms with Gasteiger partial charge in [-0.1, -0.05) is 17.7 Å². The molecule has 0 unspecified atom stereocenters. The van der Waals surface area contributed by atoms with Crippen molar-refractivity contribution in [2.24, 2.45) is 0 Å². The van der Waals surface area contributed by atoms with E-state index in [2.05, 4.69) is 5.32 Å². The Balaban J connectivity index is 0.000000980. The summed E-state index contributed by atoms with van der Waals surface area (Å²) in [5.41, 5.74) is 1.96. The van der Waals surface area contributed by atoms with Crippen molar-refractivity contribution >= 4 is 12.4 Å². The SMILES string of the molecule is Cc1ccc(F)c([C@H]2CCCN2)c1.Cl. The lowest BCUT2D eigenvalue weighted by atomic mass is 10.0. The lowest BCUT2D eigenvalue weighted by molar-refractivity contribution is 0.558. The number of hydrogen-bond donors (Lipinski definition) is 1. The van der Waals surface area contributed by atoms with E-state index in [1.807, 2.05) is 19.1 Å². The van der Waals surface area contributed by atoms with Gasteiger partial charge >= 0.3 is 0 Å². The maximum Gasteiger partial charge on any atom is 0.127 e. The van der Waals surface area contributed by atoms with Crippen molar-refractivity contribution in [2.75, 3.05) is 6.54 Å². The molecule has 1 aliphatic heterocycles. The van der Waals surface area contributed by atoms with Crippen molar-refractivity contribution < 1.29 is 4.39 Å². The summed E-state index contributed by atoms with van der Waals surface area (Å²) >= 11 is 0. The zero-order valence-corrected chi connectivity index (χ0v) is 9.03. The van der Waals surface area contributed by atoms with Gasteiger partial charge in [-0.15, -0.1) is 12.4 Å². The molecule has 0 spiro atoms. The van der Waals surface area contributed by atoms with Gasteiger partial charge in [-0.05, 0) is 32.4 Å². The summed E-state index contributed by atoms with van der Waals surface area (Å²) in [7, 11) is 0. The van der Waals surface area contributed by atoms with Gasteiger partial charge in [0.2, 0.25) is 0 Å². The largest absolute Gasteiger partial charge is 0.310 e. The fourth-order valence-corrected chi connectivity index (χ4v) is 1.88. The molecule has 1 saturated heterocycles. The van der Waals surface area contributed by atoms with Crippen LogP contribution < -0.4 is 5.32 Å². The first-order valence-electron chi connectivity index (χ1n) is 4.77. The highest BCUT2D eigenvalue weighted by molar-refractivity contribution is 5.85. The average Bonchev–Trinajstić information content (AvgIpc) is 2.61. The smallest absolute Gasteiger partial charge is 0.127 e. The molecule has 1 aliphatic rings. The molecule has 0 saturated carbocycles. The van der Waals surface area contributed by atoms with Gasteiger partial charge in [0.15, 0.2) is 0 Å². The van der Waals surface area contributed by atoms with Crippen LogP contribution in [0.25, 0.3) is 0 Å². The third-order valence-electron chi connectivity index (χ3n) is 2.59. The summed E-state index contributed by atoms with van der Waals surface area (Å²) < 4.78 is 13.4. The lowest BCUT2D eigenvalue weighted by Crippen LogP contribution is -2.14. The number of aryl methyl sites for hydroxylation is 1. The summed E-state index contributed by atoms with van der Waals surface area (Å²) in [6.07, 6.45) is 2.21. The highest BCUT2D eigenvalue weighted by Gasteiger charge is 2.19. The second-order valence-electron chi connectivity index (χ2n) is 3.67. The van der Waals surface area contributed by atoms with Gasteiger partial charge < -0.3 is 5.32 Å². The Labute approximate surface area is 90.1 Å².